The van der Waals surface area contributed by atoms with Crippen LogP contribution in [0.4, 0.5) is 0 Å². The van der Waals surface area contributed by atoms with Crippen molar-refractivity contribution in [3.05, 3.63) is 0 Å². The average Bonchev–Trinajstić information content (AvgIpc) is 2.08. The number of nitrogens with zero attached hydrogens (tertiary/aromatic N) is 2. The molecule has 86 valence electrons. The third-order valence-corrected chi connectivity index (χ3v) is 3.59. The summed E-state index contributed by atoms with van der Waals surface area (Å²) in [6, 6.07) is 0.548. The molecule has 2 saturated heterocycles. The topological polar surface area (TPSA) is 43.8 Å². The van der Waals surface area contributed by atoms with E-state index in [0.717, 1.165) is 12.3 Å². The third-order valence-electron chi connectivity index (χ3n) is 3.59. The van der Waals surface area contributed by atoms with Crippen LogP contribution in [0.3, 0.4) is 0 Å². The molecule has 2 aliphatic rings. The van der Waals surface area contributed by atoms with Gasteiger partial charge in [0.2, 0.25) is 0 Å². The van der Waals surface area contributed by atoms with Crippen LogP contribution in [0.5, 0.6) is 0 Å². The standard InChI is InChI=1S/C11H20N2O2/c1-12-6-9(7-12)8-13-5-4-10(13)2-3-11(14)15/h9-10H,2-8H2,1H3,(H,14,15). The van der Waals surface area contributed by atoms with Crippen molar-refractivity contribution in [2.75, 3.05) is 33.2 Å². The van der Waals surface area contributed by atoms with Gasteiger partial charge in [-0.05, 0) is 32.4 Å². The normalized spacial score (nSPS) is 28.5. The van der Waals surface area contributed by atoms with Gasteiger partial charge < -0.3 is 10.0 Å². The first-order chi connectivity index (χ1) is 7.15. The van der Waals surface area contributed by atoms with Crippen molar-refractivity contribution in [3.8, 4) is 0 Å². The fourth-order valence-corrected chi connectivity index (χ4v) is 2.63. The molecule has 4 heteroatoms. The lowest BCUT2D eigenvalue weighted by Crippen LogP contribution is -2.55. The second-order valence-electron chi connectivity index (χ2n) is 4.96. The fourth-order valence-electron chi connectivity index (χ4n) is 2.63. The largest absolute Gasteiger partial charge is 0.481 e. The Morgan fingerprint density at radius 2 is 2.20 bits per heavy atom. The maximum Gasteiger partial charge on any atom is 0.303 e. The number of rotatable bonds is 5. The second kappa shape index (κ2) is 4.49. The van der Waals surface area contributed by atoms with Gasteiger partial charge in [-0.3, -0.25) is 9.69 Å². The van der Waals surface area contributed by atoms with Gasteiger partial charge in [-0.2, -0.15) is 0 Å². The van der Waals surface area contributed by atoms with Gasteiger partial charge in [0.05, 0.1) is 0 Å². The van der Waals surface area contributed by atoms with E-state index in [-0.39, 0.29) is 0 Å². The fraction of sp³-hybridized carbons (Fsp3) is 0.909. The first-order valence-corrected chi connectivity index (χ1v) is 5.79. The van der Waals surface area contributed by atoms with Crippen molar-refractivity contribution < 1.29 is 9.90 Å². The van der Waals surface area contributed by atoms with E-state index in [0.29, 0.717) is 12.5 Å². The molecule has 2 heterocycles. The van der Waals surface area contributed by atoms with Crippen molar-refractivity contribution in [1.29, 1.82) is 0 Å². The molecule has 0 radical (unpaired) electrons. The van der Waals surface area contributed by atoms with Gasteiger partial charge in [-0.1, -0.05) is 0 Å². The number of likely N-dealkylation sites (tertiary alicyclic amines) is 2. The molecule has 0 aliphatic carbocycles. The molecule has 0 amide bonds. The molecule has 4 nitrogen and oxygen atoms in total. The molecule has 0 aromatic heterocycles. The number of aliphatic carboxylic acids is 1. The zero-order chi connectivity index (χ0) is 10.8. The molecule has 0 saturated carbocycles. The van der Waals surface area contributed by atoms with Crippen LogP contribution in [0.2, 0.25) is 0 Å². The molecule has 15 heavy (non-hydrogen) atoms. The average molecular weight is 212 g/mol. The predicted molar refractivity (Wildman–Crippen MR) is 57.8 cm³/mol. The Morgan fingerprint density at radius 1 is 1.47 bits per heavy atom. The third kappa shape index (κ3) is 2.69. The van der Waals surface area contributed by atoms with Gasteiger partial charge in [0.15, 0.2) is 0 Å². The van der Waals surface area contributed by atoms with Crippen molar-refractivity contribution in [1.82, 2.24) is 9.80 Å². The quantitative estimate of drug-likeness (QED) is 0.720. The van der Waals surface area contributed by atoms with Crippen molar-refractivity contribution in [3.63, 3.8) is 0 Å². The first kappa shape index (κ1) is 10.9. The van der Waals surface area contributed by atoms with Crippen LogP contribution in [0.1, 0.15) is 19.3 Å². The summed E-state index contributed by atoms with van der Waals surface area (Å²) in [4.78, 5) is 15.2. The minimum atomic E-state index is -0.662. The van der Waals surface area contributed by atoms with Gasteiger partial charge in [0, 0.05) is 32.1 Å². The molecule has 2 fully saturated rings. The van der Waals surface area contributed by atoms with E-state index >= 15 is 0 Å². The van der Waals surface area contributed by atoms with Crippen molar-refractivity contribution in [2.45, 2.75) is 25.3 Å². The Labute approximate surface area is 90.9 Å². The lowest BCUT2D eigenvalue weighted by atomic mass is 9.93. The van der Waals surface area contributed by atoms with Gasteiger partial charge in [0.25, 0.3) is 0 Å². The monoisotopic (exact) mass is 212 g/mol. The molecule has 1 N–H and O–H groups in total. The molecule has 2 aliphatic heterocycles. The summed E-state index contributed by atoms with van der Waals surface area (Å²) < 4.78 is 0. The van der Waals surface area contributed by atoms with E-state index in [1.54, 1.807) is 0 Å². The van der Waals surface area contributed by atoms with Crippen LogP contribution >= 0.6 is 0 Å². The molecule has 2 rings (SSSR count). The zero-order valence-corrected chi connectivity index (χ0v) is 9.35. The highest BCUT2D eigenvalue weighted by Gasteiger charge is 2.33. The Balaban J connectivity index is 1.63. The van der Waals surface area contributed by atoms with Crippen molar-refractivity contribution >= 4 is 5.97 Å². The molecule has 1 unspecified atom stereocenters. The van der Waals surface area contributed by atoms with E-state index in [1.165, 1.54) is 32.6 Å². The highest BCUT2D eigenvalue weighted by Crippen LogP contribution is 2.25. The maximum absolute atomic E-state index is 10.5. The van der Waals surface area contributed by atoms with E-state index < -0.39 is 5.97 Å². The maximum atomic E-state index is 10.5. The highest BCUT2D eigenvalue weighted by molar-refractivity contribution is 5.66. The summed E-state index contributed by atoms with van der Waals surface area (Å²) in [5.41, 5.74) is 0. The molecular formula is C11H20N2O2. The van der Waals surface area contributed by atoms with E-state index in [2.05, 4.69) is 16.8 Å². The summed E-state index contributed by atoms with van der Waals surface area (Å²) in [6.45, 7) is 4.77. The van der Waals surface area contributed by atoms with Crippen LogP contribution in [0, 0.1) is 5.92 Å². The molecular weight excluding hydrogens is 192 g/mol. The summed E-state index contributed by atoms with van der Waals surface area (Å²) in [6.07, 6.45) is 2.35. The van der Waals surface area contributed by atoms with Crippen LogP contribution in [0.25, 0.3) is 0 Å². The zero-order valence-electron chi connectivity index (χ0n) is 9.35. The predicted octanol–water partition coefficient (Wildman–Crippen LogP) is 0.487. The summed E-state index contributed by atoms with van der Waals surface area (Å²) in [5, 5.41) is 8.62. The van der Waals surface area contributed by atoms with Gasteiger partial charge in [-0.15, -0.1) is 0 Å². The van der Waals surface area contributed by atoms with Crippen LogP contribution < -0.4 is 0 Å². The minimum absolute atomic E-state index is 0.325. The Kier molecular flexibility index (Phi) is 3.26. The molecule has 0 bridgehead atoms. The van der Waals surface area contributed by atoms with Crippen LogP contribution in [-0.2, 0) is 4.79 Å². The van der Waals surface area contributed by atoms with Gasteiger partial charge >= 0.3 is 5.97 Å². The minimum Gasteiger partial charge on any atom is -0.481 e. The molecule has 0 spiro atoms. The summed E-state index contributed by atoms with van der Waals surface area (Å²) in [7, 11) is 2.15. The van der Waals surface area contributed by atoms with E-state index in [4.69, 9.17) is 5.11 Å². The molecule has 0 aromatic carbocycles. The number of carboxylic acids is 1. The number of hydrogen-bond acceptors (Lipinski definition) is 3. The van der Waals surface area contributed by atoms with E-state index in [1.807, 2.05) is 0 Å². The second-order valence-corrected chi connectivity index (χ2v) is 4.96. The number of hydrogen-bond donors (Lipinski definition) is 1. The Bertz CT molecular complexity index is 239. The van der Waals surface area contributed by atoms with E-state index in [9.17, 15) is 4.79 Å². The Morgan fingerprint density at radius 3 is 2.67 bits per heavy atom. The SMILES string of the molecule is CN1CC(CN2CCC2CCC(=O)O)C1. The van der Waals surface area contributed by atoms with Crippen LogP contribution in [0.15, 0.2) is 0 Å². The lowest BCUT2D eigenvalue weighted by Gasteiger charge is -2.46. The molecule has 0 aromatic rings. The highest BCUT2D eigenvalue weighted by atomic mass is 16.4. The summed E-state index contributed by atoms with van der Waals surface area (Å²) >= 11 is 0. The van der Waals surface area contributed by atoms with Gasteiger partial charge in [-0.25, -0.2) is 0 Å². The smallest absolute Gasteiger partial charge is 0.303 e. The summed E-state index contributed by atoms with van der Waals surface area (Å²) in [5.74, 6) is 0.160. The van der Waals surface area contributed by atoms with Crippen molar-refractivity contribution in [2.24, 2.45) is 5.92 Å². The van der Waals surface area contributed by atoms with Gasteiger partial charge in [0.1, 0.15) is 0 Å². The Hall–Kier alpha value is -0.610. The molecule has 1 atom stereocenters. The number of carboxylic acid groups (broad SMARTS) is 1. The van der Waals surface area contributed by atoms with Crippen LogP contribution in [-0.4, -0.2) is 60.1 Å². The number of carbonyl (C=O) groups is 1. The first-order valence-electron chi connectivity index (χ1n) is 5.79. The lowest BCUT2D eigenvalue weighted by molar-refractivity contribution is -0.137.